The van der Waals surface area contributed by atoms with Crippen molar-refractivity contribution >= 4 is 0 Å². The Hall–Kier alpha value is -0.950. The maximum atomic E-state index is 9.87. The summed E-state index contributed by atoms with van der Waals surface area (Å²) in [4.78, 5) is 3.81. The summed E-state index contributed by atoms with van der Waals surface area (Å²) in [6, 6.07) is 0. The van der Waals surface area contributed by atoms with Crippen LogP contribution in [0.3, 0.4) is 0 Å². The van der Waals surface area contributed by atoms with Crippen LogP contribution in [0.1, 0.15) is 13.8 Å². The first-order valence-electron chi connectivity index (χ1n) is 4.61. The Morgan fingerprint density at radius 3 is 2.67 bits per heavy atom. The van der Waals surface area contributed by atoms with Crippen molar-refractivity contribution in [3.8, 4) is 0 Å². The van der Waals surface area contributed by atoms with E-state index in [4.69, 9.17) is 9.84 Å². The lowest BCUT2D eigenvalue weighted by Gasteiger charge is -2.29. The normalized spacial score (nSPS) is 19.5. The van der Waals surface area contributed by atoms with Crippen LogP contribution in [0.4, 0.5) is 0 Å². The molecular formula is C9H16N2O4. The lowest BCUT2D eigenvalue weighted by molar-refractivity contribution is -0.265. The molecule has 0 aromatic carbocycles. The van der Waals surface area contributed by atoms with Crippen molar-refractivity contribution in [1.82, 2.24) is 9.55 Å². The van der Waals surface area contributed by atoms with Gasteiger partial charge >= 0.3 is 0 Å². The quantitative estimate of drug-likeness (QED) is 0.567. The molecule has 1 aromatic rings. The molecule has 0 aliphatic rings. The third-order valence-corrected chi connectivity index (χ3v) is 1.92. The van der Waals surface area contributed by atoms with Gasteiger partial charge in [0.15, 0.2) is 12.6 Å². The number of rotatable bonds is 5. The second-order valence-electron chi connectivity index (χ2n) is 3.68. The Labute approximate surface area is 87.8 Å². The highest BCUT2D eigenvalue weighted by atomic mass is 16.7. The summed E-state index contributed by atoms with van der Waals surface area (Å²) >= 11 is 0. The monoisotopic (exact) mass is 216 g/mol. The van der Waals surface area contributed by atoms with Crippen LogP contribution in [0.15, 0.2) is 18.7 Å². The molecule has 0 saturated heterocycles. The SMILES string of the molecule is C[C@H](O)O[C@H](O)C(C)(O)Cn1ccnc1. The summed E-state index contributed by atoms with van der Waals surface area (Å²) < 4.78 is 6.30. The molecule has 1 unspecified atom stereocenters. The van der Waals surface area contributed by atoms with E-state index in [9.17, 15) is 10.2 Å². The second kappa shape index (κ2) is 4.71. The van der Waals surface area contributed by atoms with Gasteiger partial charge in [0, 0.05) is 12.4 Å². The van der Waals surface area contributed by atoms with Crippen LogP contribution in [0.25, 0.3) is 0 Å². The number of ether oxygens (including phenoxy) is 1. The molecular weight excluding hydrogens is 200 g/mol. The fourth-order valence-electron chi connectivity index (χ4n) is 1.16. The molecule has 0 amide bonds. The van der Waals surface area contributed by atoms with Crippen LogP contribution in [-0.4, -0.2) is 43.1 Å². The lowest BCUT2D eigenvalue weighted by Crippen LogP contribution is -2.45. The van der Waals surface area contributed by atoms with E-state index >= 15 is 0 Å². The van der Waals surface area contributed by atoms with Crippen LogP contribution >= 0.6 is 0 Å². The molecule has 3 atom stereocenters. The Bertz CT molecular complexity index is 284. The minimum atomic E-state index is -1.49. The predicted octanol–water partition coefficient (Wildman–Crippen LogP) is -0.693. The molecule has 1 rings (SSSR count). The van der Waals surface area contributed by atoms with Gasteiger partial charge in [-0.1, -0.05) is 0 Å². The summed E-state index contributed by atoms with van der Waals surface area (Å²) in [6.45, 7) is 2.90. The maximum absolute atomic E-state index is 9.87. The summed E-state index contributed by atoms with van der Waals surface area (Å²) in [5, 5.41) is 28.2. The largest absolute Gasteiger partial charge is 0.383 e. The molecule has 86 valence electrons. The number of imidazole rings is 1. The Kier molecular flexibility index (Phi) is 3.81. The molecule has 0 aliphatic carbocycles. The van der Waals surface area contributed by atoms with E-state index in [1.807, 2.05) is 0 Å². The topological polar surface area (TPSA) is 87.7 Å². The third kappa shape index (κ3) is 3.60. The third-order valence-electron chi connectivity index (χ3n) is 1.92. The van der Waals surface area contributed by atoms with E-state index < -0.39 is 18.2 Å². The van der Waals surface area contributed by atoms with Gasteiger partial charge in [0.2, 0.25) is 0 Å². The van der Waals surface area contributed by atoms with E-state index in [0.717, 1.165) is 0 Å². The van der Waals surface area contributed by atoms with Gasteiger partial charge in [0.25, 0.3) is 0 Å². The van der Waals surface area contributed by atoms with Gasteiger partial charge in [0.05, 0.1) is 12.9 Å². The molecule has 6 heteroatoms. The van der Waals surface area contributed by atoms with Crippen LogP contribution in [0.2, 0.25) is 0 Å². The number of aliphatic hydroxyl groups is 3. The minimum absolute atomic E-state index is 0.126. The molecule has 1 heterocycles. The van der Waals surface area contributed by atoms with Gasteiger partial charge in [-0.05, 0) is 13.8 Å². The van der Waals surface area contributed by atoms with Gasteiger partial charge < -0.3 is 24.6 Å². The number of aliphatic hydroxyl groups excluding tert-OH is 2. The number of nitrogens with zero attached hydrogens (tertiary/aromatic N) is 2. The first-order chi connectivity index (χ1) is 6.92. The molecule has 15 heavy (non-hydrogen) atoms. The van der Waals surface area contributed by atoms with E-state index in [0.29, 0.717) is 0 Å². The molecule has 0 bridgehead atoms. The average molecular weight is 216 g/mol. The average Bonchev–Trinajstić information content (AvgIpc) is 2.54. The zero-order valence-corrected chi connectivity index (χ0v) is 8.74. The zero-order valence-electron chi connectivity index (χ0n) is 8.74. The smallest absolute Gasteiger partial charge is 0.188 e. The Morgan fingerprint density at radius 1 is 1.53 bits per heavy atom. The fraction of sp³-hybridized carbons (Fsp3) is 0.667. The van der Waals surface area contributed by atoms with Gasteiger partial charge in [0.1, 0.15) is 5.60 Å². The first kappa shape index (κ1) is 12.1. The molecule has 0 radical (unpaired) electrons. The van der Waals surface area contributed by atoms with Crippen LogP contribution in [0.5, 0.6) is 0 Å². The minimum Gasteiger partial charge on any atom is -0.383 e. The molecule has 0 spiro atoms. The lowest BCUT2D eigenvalue weighted by atomic mass is 10.1. The summed E-state index contributed by atoms with van der Waals surface area (Å²) in [7, 11) is 0. The zero-order chi connectivity index (χ0) is 11.5. The Morgan fingerprint density at radius 2 is 2.20 bits per heavy atom. The van der Waals surface area contributed by atoms with Gasteiger partial charge in [-0.3, -0.25) is 0 Å². The number of aromatic nitrogens is 2. The van der Waals surface area contributed by atoms with Crippen LogP contribution in [0, 0.1) is 0 Å². The molecule has 0 fully saturated rings. The number of hydrogen-bond donors (Lipinski definition) is 3. The molecule has 0 aliphatic heterocycles. The fourth-order valence-corrected chi connectivity index (χ4v) is 1.16. The van der Waals surface area contributed by atoms with Crippen LogP contribution in [-0.2, 0) is 11.3 Å². The van der Waals surface area contributed by atoms with Crippen molar-refractivity contribution < 1.29 is 20.1 Å². The second-order valence-corrected chi connectivity index (χ2v) is 3.68. The van der Waals surface area contributed by atoms with Crippen molar-refractivity contribution in [1.29, 1.82) is 0 Å². The van der Waals surface area contributed by atoms with E-state index in [2.05, 4.69) is 4.98 Å². The highest BCUT2D eigenvalue weighted by molar-refractivity contribution is 4.82. The van der Waals surface area contributed by atoms with E-state index in [1.165, 1.54) is 20.2 Å². The first-order valence-corrected chi connectivity index (χ1v) is 4.61. The molecule has 3 N–H and O–H groups in total. The standard InChI is InChI=1S/C9H16N2O4/c1-7(12)15-8(13)9(2,14)5-11-4-3-10-6-11/h3-4,6-8,12-14H,5H2,1-2H3/t7-,8+,9?/m1/s1. The van der Waals surface area contributed by atoms with Crippen molar-refractivity contribution in [3.05, 3.63) is 18.7 Å². The molecule has 0 saturated carbocycles. The number of hydrogen-bond acceptors (Lipinski definition) is 5. The van der Waals surface area contributed by atoms with Crippen molar-refractivity contribution in [2.75, 3.05) is 0 Å². The van der Waals surface area contributed by atoms with E-state index in [-0.39, 0.29) is 6.54 Å². The van der Waals surface area contributed by atoms with Gasteiger partial charge in [-0.15, -0.1) is 0 Å². The van der Waals surface area contributed by atoms with Crippen molar-refractivity contribution in [2.45, 2.75) is 38.6 Å². The highest BCUT2D eigenvalue weighted by Crippen LogP contribution is 2.15. The summed E-state index contributed by atoms with van der Waals surface area (Å²) in [5.41, 5.74) is -1.49. The van der Waals surface area contributed by atoms with Crippen molar-refractivity contribution in [3.63, 3.8) is 0 Å². The van der Waals surface area contributed by atoms with Gasteiger partial charge in [-0.2, -0.15) is 0 Å². The Balaban J connectivity index is 2.57. The van der Waals surface area contributed by atoms with Gasteiger partial charge in [-0.25, -0.2) is 4.98 Å². The van der Waals surface area contributed by atoms with Crippen molar-refractivity contribution in [2.24, 2.45) is 0 Å². The van der Waals surface area contributed by atoms with E-state index in [1.54, 1.807) is 17.0 Å². The predicted molar refractivity (Wildman–Crippen MR) is 51.6 cm³/mol. The summed E-state index contributed by atoms with van der Waals surface area (Å²) in [6.07, 6.45) is 2.15. The highest BCUT2D eigenvalue weighted by Gasteiger charge is 2.32. The molecule has 1 aromatic heterocycles. The van der Waals surface area contributed by atoms with Crippen LogP contribution < -0.4 is 0 Å². The maximum Gasteiger partial charge on any atom is 0.188 e. The summed E-state index contributed by atoms with van der Waals surface area (Å²) in [5.74, 6) is 0. The molecule has 6 nitrogen and oxygen atoms in total.